The first-order valence-corrected chi connectivity index (χ1v) is 10.1. The Balaban J connectivity index is 1.52. The lowest BCUT2D eigenvalue weighted by Gasteiger charge is -2.00. The molecule has 6 rings (SSSR count). The number of hydrogen-bond acceptors (Lipinski definition) is 5. The van der Waals surface area contributed by atoms with Crippen molar-refractivity contribution in [1.29, 1.82) is 0 Å². The van der Waals surface area contributed by atoms with Crippen molar-refractivity contribution in [2.24, 2.45) is 0 Å². The van der Waals surface area contributed by atoms with Gasteiger partial charge >= 0.3 is 0 Å². The monoisotopic (exact) mass is 412 g/mol. The van der Waals surface area contributed by atoms with Crippen LogP contribution >= 0.6 is 11.3 Å². The van der Waals surface area contributed by atoms with Crippen molar-refractivity contribution in [3.8, 4) is 33.1 Å². The zero-order valence-electron chi connectivity index (χ0n) is 15.4. The summed E-state index contributed by atoms with van der Waals surface area (Å²) in [6.45, 7) is 0. The van der Waals surface area contributed by atoms with Gasteiger partial charge in [-0.2, -0.15) is 9.49 Å². The molecule has 2 N–H and O–H groups in total. The summed E-state index contributed by atoms with van der Waals surface area (Å²) in [7, 11) is 0. The maximum Gasteiger partial charge on any atom is 0.176 e. The molecular formula is C22H13FN6S. The summed E-state index contributed by atoms with van der Waals surface area (Å²) >= 11 is 1.11. The lowest BCUT2D eigenvalue weighted by molar-refractivity contribution is 0.657. The lowest BCUT2D eigenvalue weighted by atomic mass is 10.1. The lowest BCUT2D eigenvalue weighted by Crippen LogP contribution is -1.84. The van der Waals surface area contributed by atoms with Gasteiger partial charge in [-0.1, -0.05) is 6.07 Å². The predicted octanol–water partition coefficient (Wildman–Crippen LogP) is 5.43. The largest absolute Gasteiger partial charge is 0.352 e. The molecule has 0 atom stereocenters. The van der Waals surface area contributed by atoms with Gasteiger partial charge in [0.05, 0.1) is 34.8 Å². The van der Waals surface area contributed by atoms with Crippen LogP contribution in [0.4, 0.5) is 4.39 Å². The summed E-state index contributed by atoms with van der Waals surface area (Å²) in [5, 5.41) is 9.36. The standard InChI is InChI=1S/C22H13FN6S/c23-21-4-3-20(30-21)15-9-25-11-19-13(15)8-17(27-19)22-14-7-12(1-2-16(14)28-29-22)18-10-24-5-6-26-18/h1-11,27H,(H,28,29). The Hall–Kier alpha value is -3.91. The van der Waals surface area contributed by atoms with E-state index in [9.17, 15) is 4.39 Å². The first-order valence-electron chi connectivity index (χ1n) is 9.23. The Morgan fingerprint density at radius 3 is 2.67 bits per heavy atom. The summed E-state index contributed by atoms with van der Waals surface area (Å²) in [6.07, 6.45) is 8.60. The second-order valence-electron chi connectivity index (χ2n) is 6.86. The molecule has 144 valence electrons. The van der Waals surface area contributed by atoms with Crippen LogP contribution in [0.25, 0.3) is 54.9 Å². The molecule has 0 aliphatic heterocycles. The summed E-state index contributed by atoms with van der Waals surface area (Å²) < 4.78 is 13.6. The molecule has 0 saturated heterocycles. The van der Waals surface area contributed by atoms with E-state index < -0.39 is 0 Å². The van der Waals surface area contributed by atoms with E-state index in [1.807, 2.05) is 18.2 Å². The molecule has 1 aromatic carbocycles. The Labute approximate surface area is 173 Å². The van der Waals surface area contributed by atoms with Crippen LogP contribution in [0, 0.1) is 5.13 Å². The number of nitrogens with one attached hydrogen (secondary N) is 2. The van der Waals surface area contributed by atoms with Crippen LogP contribution in [0.2, 0.25) is 0 Å². The molecule has 8 heteroatoms. The van der Waals surface area contributed by atoms with Gasteiger partial charge in [-0.3, -0.25) is 20.1 Å². The maximum absolute atomic E-state index is 13.6. The van der Waals surface area contributed by atoms with Gasteiger partial charge in [0, 0.05) is 45.4 Å². The SMILES string of the molecule is Fc1ccc(-c2cncc3[nH]c(-c4n[nH]c5ccc(-c6cnccn6)cc45)cc23)s1. The fraction of sp³-hybridized carbons (Fsp3) is 0. The Morgan fingerprint density at radius 2 is 1.83 bits per heavy atom. The molecule has 0 unspecified atom stereocenters. The molecule has 0 amide bonds. The van der Waals surface area contributed by atoms with Gasteiger partial charge < -0.3 is 4.98 Å². The van der Waals surface area contributed by atoms with Gasteiger partial charge in [0.1, 0.15) is 5.69 Å². The van der Waals surface area contributed by atoms with Gasteiger partial charge in [0.25, 0.3) is 0 Å². The van der Waals surface area contributed by atoms with E-state index in [-0.39, 0.29) is 5.13 Å². The molecule has 0 aliphatic carbocycles. The van der Waals surface area contributed by atoms with E-state index in [1.54, 1.807) is 37.1 Å². The minimum atomic E-state index is -0.215. The number of halogens is 1. The van der Waals surface area contributed by atoms with Crippen molar-refractivity contribution in [2.75, 3.05) is 0 Å². The third kappa shape index (κ3) is 2.69. The first kappa shape index (κ1) is 17.0. The zero-order valence-corrected chi connectivity index (χ0v) is 16.2. The number of nitrogens with zero attached hydrogens (tertiary/aromatic N) is 4. The van der Waals surface area contributed by atoms with Crippen LogP contribution in [0.15, 0.2) is 67.4 Å². The smallest absolute Gasteiger partial charge is 0.176 e. The summed E-state index contributed by atoms with van der Waals surface area (Å²) in [6, 6.07) is 11.3. The van der Waals surface area contributed by atoms with Gasteiger partial charge in [-0.05, 0) is 30.3 Å². The van der Waals surface area contributed by atoms with E-state index in [2.05, 4.69) is 36.2 Å². The second-order valence-corrected chi connectivity index (χ2v) is 7.89. The molecule has 0 saturated carbocycles. The quantitative estimate of drug-likeness (QED) is 0.406. The molecule has 6 aromatic rings. The Kier molecular flexibility index (Phi) is 3.72. The highest BCUT2D eigenvalue weighted by Gasteiger charge is 2.15. The average molecular weight is 412 g/mol. The predicted molar refractivity (Wildman–Crippen MR) is 115 cm³/mol. The van der Waals surface area contributed by atoms with Gasteiger partial charge in [0.2, 0.25) is 0 Å². The van der Waals surface area contributed by atoms with Crippen LogP contribution in [0.3, 0.4) is 0 Å². The summed E-state index contributed by atoms with van der Waals surface area (Å²) in [5.41, 5.74) is 6.12. The maximum atomic E-state index is 13.6. The molecule has 0 spiro atoms. The summed E-state index contributed by atoms with van der Waals surface area (Å²) in [5.74, 6) is 0. The van der Waals surface area contributed by atoms with E-state index in [4.69, 9.17) is 0 Å². The van der Waals surface area contributed by atoms with E-state index in [0.29, 0.717) is 0 Å². The van der Waals surface area contributed by atoms with Crippen LogP contribution in [0.1, 0.15) is 0 Å². The van der Waals surface area contributed by atoms with Crippen LogP contribution in [-0.2, 0) is 0 Å². The highest BCUT2D eigenvalue weighted by atomic mass is 32.1. The summed E-state index contributed by atoms with van der Waals surface area (Å²) in [4.78, 5) is 17.1. The molecular weight excluding hydrogens is 399 g/mol. The van der Waals surface area contributed by atoms with E-state index in [0.717, 1.165) is 66.2 Å². The number of thiophene rings is 1. The number of hydrogen-bond donors (Lipinski definition) is 2. The van der Waals surface area contributed by atoms with Crippen LogP contribution < -0.4 is 0 Å². The van der Waals surface area contributed by atoms with Gasteiger partial charge in [-0.25, -0.2) is 0 Å². The number of rotatable bonds is 3. The first-order chi connectivity index (χ1) is 14.8. The minimum Gasteiger partial charge on any atom is -0.352 e. The molecule has 5 heterocycles. The van der Waals surface area contributed by atoms with Crippen molar-refractivity contribution >= 4 is 33.1 Å². The number of aromatic amines is 2. The van der Waals surface area contributed by atoms with Crippen molar-refractivity contribution in [3.63, 3.8) is 0 Å². The molecule has 0 fully saturated rings. The van der Waals surface area contributed by atoms with Crippen molar-refractivity contribution in [2.45, 2.75) is 0 Å². The molecule has 6 nitrogen and oxygen atoms in total. The minimum absolute atomic E-state index is 0.215. The second kappa shape index (κ2) is 6.57. The molecule has 0 bridgehead atoms. The van der Waals surface area contributed by atoms with Crippen LogP contribution in [-0.4, -0.2) is 30.1 Å². The van der Waals surface area contributed by atoms with Crippen LogP contribution in [0.5, 0.6) is 0 Å². The third-order valence-corrected chi connectivity index (χ3v) is 5.97. The van der Waals surface area contributed by atoms with E-state index in [1.165, 1.54) is 6.07 Å². The number of pyridine rings is 1. The van der Waals surface area contributed by atoms with Gasteiger partial charge in [0.15, 0.2) is 5.13 Å². The zero-order chi connectivity index (χ0) is 20.1. The highest BCUT2D eigenvalue weighted by molar-refractivity contribution is 7.14. The molecule has 30 heavy (non-hydrogen) atoms. The molecule has 0 aliphatic rings. The molecule has 0 radical (unpaired) electrons. The topological polar surface area (TPSA) is 83.1 Å². The Bertz CT molecular complexity index is 1520. The molecule has 5 aromatic heterocycles. The number of aromatic nitrogens is 6. The van der Waals surface area contributed by atoms with Crippen molar-refractivity contribution in [3.05, 3.63) is 72.5 Å². The van der Waals surface area contributed by atoms with Crippen molar-refractivity contribution < 1.29 is 4.39 Å². The number of benzene rings is 1. The van der Waals surface area contributed by atoms with Crippen molar-refractivity contribution in [1.82, 2.24) is 30.1 Å². The third-order valence-electron chi connectivity index (χ3n) is 5.06. The Morgan fingerprint density at radius 1 is 0.867 bits per heavy atom. The highest BCUT2D eigenvalue weighted by Crippen LogP contribution is 2.36. The fourth-order valence-corrected chi connectivity index (χ4v) is 4.42. The normalized spacial score (nSPS) is 11.5. The van der Waals surface area contributed by atoms with E-state index >= 15 is 0 Å². The fourth-order valence-electron chi connectivity index (χ4n) is 3.66. The van der Waals surface area contributed by atoms with Gasteiger partial charge in [-0.15, -0.1) is 11.3 Å². The average Bonchev–Trinajstić information content (AvgIpc) is 3.51. The number of H-pyrrole nitrogens is 2. The number of fused-ring (bicyclic) bond motifs is 2.